The first-order valence-corrected chi connectivity index (χ1v) is 9.84. The monoisotopic (exact) mass is 379 g/mol. The zero-order valence-electron chi connectivity index (χ0n) is 13.6. The molecule has 5 rings (SSSR count). The summed E-state index contributed by atoms with van der Waals surface area (Å²) in [6.45, 7) is 1.60. The van der Waals surface area contributed by atoms with E-state index in [1.54, 1.807) is 6.20 Å². The van der Waals surface area contributed by atoms with Crippen molar-refractivity contribution in [2.45, 2.75) is 57.9 Å². The van der Waals surface area contributed by atoms with Gasteiger partial charge in [0, 0.05) is 25.7 Å². The first kappa shape index (κ1) is 15.7. The molecule has 1 aromatic rings. The second kappa shape index (κ2) is 6.23. The number of halogens is 1. The molecule has 0 saturated heterocycles. The van der Waals surface area contributed by atoms with Crippen molar-refractivity contribution >= 4 is 21.8 Å². The standard InChI is InChI=1S/C18H26BrN3O/c19-16-11-21-22(12-16)3-1-2-20-17(23)10-18-7-13-4-14(8-18)6-15(5-13)9-18/h11-15H,1-10H2,(H,20,23). The molecule has 0 radical (unpaired) electrons. The maximum Gasteiger partial charge on any atom is 0.220 e. The van der Waals surface area contributed by atoms with Gasteiger partial charge in [-0.1, -0.05) is 0 Å². The van der Waals surface area contributed by atoms with Crippen molar-refractivity contribution in [3.05, 3.63) is 16.9 Å². The third kappa shape index (κ3) is 3.49. The minimum Gasteiger partial charge on any atom is -0.356 e. The Morgan fingerprint density at radius 2 is 1.91 bits per heavy atom. The van der Waals surface area contributed by atoms with Crippen LogP contribution in [0.3, 0.4) is 0 Å². The highest BCUT2D eigenvalue weighted by atomic mass is 79.9. The lowest BCUT2D eigenvalue weighted by atomic mass is 9.49. The average Bonchev–Trinajstić information content (AvgIpc) is 2.87. The lowest BCUT2D eigenvalue weighted by Gasteiger charge is -2.56. The largest absolute Gasteiger partial charge is 0.356 e. The van der Waals surface area contributed by atoms with Crippen LogP contribution in [0, 0.1) is 23.2 Å². The van der Waals surface area contributed by atoms with Gasteiger partial charge in [-0.15, -0.1) is 0 Å². The van der Waals surface area contributed by atoms with E-state index in [1.165, 1.54) is 38.5 Å². The lowest BCUT2D eigenvalue weighted by Crippen LogP contribution is -2.48. The molecule has 1 amide bonds. The van der Waals surface area contributed by atoms with Crippen LogP contribution < -0.4 is 5.32 Å². The molecular weight excluding hydrogens is 354 g/mol. The Morgan fingerprint density at radius 3 is 2.48 bits per heavy atom. The van der Waals surface area contributed by atoms with Crippen LogP contribution in [0.25, 0.3) is 0 Å². The Labute approximate surface area is 146 Å². The van der Waals surface area contributed by atoms with Crippen molar-refractivity contribution in [3.8, 4) is 0 Å². The predicted octanol–water partition coefficient (Wildman–Crippen LogP) is 3.76. The number of hydrogen-bond acceptors (Lipinski definition) is 2. The zero-order chi connectivity index (χ0) is 15.9. The topological polar surface area (TPSA) is 46.9 Å². The molecule has 1 heterocycles. The van der Waals surface area contributed by atoms with Gasteiger partial charge in [0.1, 0.15) is 0 Å². The fourth-order valence-corrected chi connectivity index (χ4v) is 6.17. The van der Waals surface area contributed by atoms with Crippen molar-refractivity contribution in [3.63, 3.8) is 0 Å². The van der Waals surface area contributed by atoms with Crippen LogP contribution in [0.1, 0.15) is 51.4 Å². The van der Waals surface area contributed by atoms with Crippen molar-refractivity contribution in [2.75, 3.05) is 6.54 Å². The van der Waals surface area contributed by atoms with Crippen LogP contribution in [0.4, 0.5) is 0 Å². The number of nitrogens with zero attached hydrogens (tertiary/aromatic N) is 2. The van der Waals surface area contributed by atoms with Crippen LogP contribution in [-0.2, 0) is 11.3 Å². The molecule has 4 nitrogen and oxygen atoms in total. The Balaban J connectivity index is 1.23. The van der Waals surface area contributed by atoms with Crippen LogP contribution in [0.2, 0.25) is 0 Å². The van der Waals surface area contributed by atoms with Crippen molar-refractivity contribution < 1.29 is 4.79 Å². The maximum absolute atomic E-state index is 12.4. The number of rotatable bonds is 6. The number of amides is 1. The van der Waals surface area contributed by atoms with E-state index in [2.05, 4.69) is 26.3 Å². The normalized spacial score (nSPS) is 34.7. The molecule has 0 aliphatic heterocycles. The van der Waals surface area contributed by atoms with E-state index < -0.39 is 0 Å². The first-order valence-electron chi connectivity index (χ1n) is 9.05. The lowest BCUT2D eigenvalue weighted by molar-refractivity contribution is -0.129. The highest BCUT2D eigenvalue weighted by Crippen LogP contribution is 2.61. The van der Waals surface area contributed by atoms with E-state index in [-0.39, 0.29) is 5.91 Å². The van der Waals surface area contributed by atoms with Crippen molar-refractivity contribution in [1.82, 2.24) is 15.1 Å². The molecule has 4 saturated carbocycles. The molecule has 126 valence electrons. The van der Waals surface area contributed by atoms with Crippen LogP contribution in [-0.4, -0.2) is 22.2 Å². The van der Waals surface area contributed by atoms with Gasteiger partial charge in [0.25, 0.3) is 0 Å². The van der Waals surface area contributed by atoms with E-state index in [1.807, 2.05) is 10.9 Å². The molecule has 0 unspecified atom stereocenters. The molecule has 1 aromatic heterocycles. The second-order valence-electron chi connectivity index (χ2n) is 8.22. The summed E-state index contributed by atoms with van der Waals surface area (Å²) in [6, 6.07) is 0. The molecule has 23 heavy (non-hydrogen) atoms. The summed E-state index contributed by atoms with van der Waals surface area (Å²) >= 11 is 3.40. The summed E-state index contributed by atoms with van der Waals surface area (Å²) < 4.78 is 2.92. The molecule has 4 fully saturated rings. The smallest absolute Gasteiger partial charge is 0.220 e. The summed E-state index contributed by atoms with van der Waals surface area (Å²) in [5.41, 5.74) is 0.353. The predicted molar refractivity (Wildman–Crippen MR) is 92.8 cm³/mol. The molecule has 1 N–H and O–H groups in total. The summed E-state index contributed by atoms with van der Waals surface area (Å²) in [5, 5.41) is 7.38. The summed E-state index contributed by atoms with van der Waals surface area (Å²) in [5.74, 6) is 3.04. The summed E-state index contributed by atoms with van der Waals surface area (Å²) in [7, 11) is 0. The summed E-state index contributed by atoms with van der Waals surface area (Å²) in [4.78, 5) is 12.4. The maximum atomic E-state index is 12.4. The first-order chi connectivity index (χ1) is 11.1. The van der Waals surface area contributed by atoms with Gasteiger partial charge in [0.2, 0.25) is 5.91 Å². The SMILES string of the molecule is O=C(CC12CC3CC(CC(C3)C1)C2)NCCCn1cc(Br)cn1. The van der Waals surface area contributed by atoms with Crippen molar-refractivity contribution in [2.24, 2.45) is 23.2 Å². The van der Waals surface area contributed by atoms with Crippen LogP contribution in [0.5, 0.6) is 0 Å². The molecule has 0 spiro atoms. The highest BCUT2D eigenvalue weighted by Gasteiger charge is 2.51. The molecule has 4 aliphatic rings. The minimum atomic E-state index is 0.272. The Hall–Kier alpha value is -0.840. The molecule has 0 aromatic carbocycles. The van der Waals surface area contributed by atoms with Gasteiger partial charge in [-0.2, -0.15) is 5.10 Å². The number of carbonyl (C=O) groups is 1. The van der Waals surface area contributed by atoms with E-state index in [9.17, 15) is 4.79 Å². The second-order valence-corrected chi connectivity index (χ2v) is 9.14. The fourth-order valence-electron chi connectivity index (χ4n) is 5.84. The highest BCUT2D eigenvalue weighted by molar-refractivity contribution is 9.10. The van der Waals surface area contributed by atoms with Gasteiger partial charge in [-0.05, 0) is 84.0 Å². The van der Waals surface area contributed by atoms with Gasteiger partial charge in [-0.3, -0.25) is 9.48 Å². The van der Waals surface area contributed by atoms with Gasteiger partial charge < -0.3 is 5.32 Å². The minimum absolute atomic E-state index is 0.272. The average molecular weight is 380 g/mol. The number of carbonyl (C=O) groups excluding carboxylic acids is 1. The fraction of sp³-hybridized carbons (Fsp3) is 0.778. The molecule has 5 heteroatoms. The third-order valence-corrected chi connectivity index (χ3v) is 6.60. The van der Waals surface area contributed by atoms with Gasteiger partial charge in [-0.25, -0.2) is 0 Å². The number of aromatic nitrogens is 2. The summed E-state index contributed by atoms with van der Waals surface area (Å²) in [6.07, 6.45) is 13.7. The number of aryl methyl sites for hydroxylation is 1. The van der Waals surface area contributed by atoms with Crippen LogP contribution in [0.15, 0.2) is 16.9 Å². The van der Waals surface area contributed by atoms with E-state index in [0.29, 0.717) is 5.41 Å². The van der Waals surface area contributed by atoms with Crippen molar-refractivity contribution in [1.29, 1.82) is 0 Å². The van der Waals surface area contributed by atoms with E-state index >= 15 is 0 Å². The molecular formula is C18H26BrN3O. The molecule has 4 bridgehead atoms. The quantitative estimate of drug-likeness (QED) is 0.764. The van der Waals surface area contributed by atoms with Gasteiger partial charge in [0.15, 0.2) is 0 Å². The number of nitrogens with one attached hydrogen (secondary N) is 1. The zero-order valence-corrected chi connectivity index (χ0v) is 15.2. The molecule has 0 atom stereocenters. The molecule has 4 aliphatic carbocycles. The van der Waals surface area contributed by atoms with Gasteiger partial charge in [0.05, 0.1) is 10.7 Å². The Bertz CT molecular complexity index is 547. The van der Waals surface area contributed by atoms with Crippen LogP contribution >= 0.6 is 15.9 Å². The van der Waals surface area contributed by atoms with E-state index in [4.69, 9.17) is 0 Å². The Morgan fingerprint density at radius 1 is 1.26 bits per heavy atom. The third-order valence-electron chi connectivity index (χ3n) is 6.19. The Kier molecular flexibility index (Phi) is 4.24. The van der Waals surface area contributed by atoms with E-state index in [0.717, 1.165) is 48.2 Å². The van der Waals surface area contributed by atoms with Gasteiger partial charge >= 0.3 is 0 Å². The number of hydrogen-bond donors (Lipinski definition) is 1.